The number of hydrogen-bond donors (Lipinski definition) is 1. The van der Waals surface area contributed by atoms with E-state index in [1.165, 1.54) is 6.07 Å². The highest BCUT2D eigenvalue weighted by molar-refractivity contribution is 5.36. The van der Waals surface area contributed by atoms with Crippen molar-refractivity contribution in [3.63, 3.8) is 0 Å². The summed E-state index contributed by atoms with van der Waals surface area (Å²) in [7, 11) is 0. The largest absolute Gasteiger partial charge is 0.467 e. The second-order valence-corrected chi connectivity index (χ2v) is 5.52. The van der Waals surface area contributed by atoms with Crippen molar-refractivity contribution < 1.29 is 17.9 Å². The molecule has 1 unspecified atom stereocenters. The molecule has 3 rings (SSSR count). The van der Waals surface area contributed by atoms with Gasteiger partial charge in [-0.2, -0.15) is 19.0 Å². The molecule has 0 amide bonds. The van der Waals surface area contributed by atoms with Crippen LogP contribution >= 0.6 is 0 Å². The summed E-state index contributed by atoms with van der Waals surface area (Å²) in [6.45, 7) is 1.43. The van der Waals surface area contributed by atoms with Gasteiger partial charge in [-0.1, -0.05) is 30.3 Å². The van der Waals surface area contributed by atoms with Gasteiger partial charge in [0.1, 0.15) is 17.7 Å². The molecule has 1 saturated heterocycles. The van der Waals surface area contributed by atoms with Crippen molar-refractivity contribution in [3.8, 4) is 11.9 Å². The van der Waals surface area contributed by atoms with Gasteiger partial charge in [-0.15, -0.1) is 0 Å². The molecule has 2 atom stereocenters. The summed E-state index contributed by atoms with van der Waals surface area (Å²) in [5.74, 6) is -5.14. The molecule has 2 heterocycles. The van der Waals surface area contributed by atoms with E-state index in [0.717, 1.165) is 18.5 Å². The van der Waals surface area contributed by atoms with Crippen LogP contribution in [0.1, 0.15) is 23.7 Å². The van der Waals surface area contributed by atoms with E-state index < -0.39 is 35.1 Å². The minimum Gasteiger partial charge on any atom is -0.467 e. The first-order chi connectivity index (χ1) is 11.6. The van der Waals surface area contributed by atoms with Gasteiger partial charge in [0.25, 0.3) is 11.8 Å². The summed E-state index contributed by atoms with van der Waals surface area (Å²) in [5.41, 5.74) is -0.260. The standard InChI is InChI=1S/C17H14F3N3O/c18-13-12(8-21)14(19)17(23-16(13)20)24-15(11-6-7-22-9-11)10-4-2-1-3-5-10/h1-5,11,15,22H,6-7,9H2/t11?,15-/m1/s1. The molecule has 1 aromatic heterocycles. The molecule has 4 nitrogen and oxygen atoms in total. The van der Waals surface area contributed by atoms with Crippen molar-refractivity contribution in [1.29, 1.82) is 5.26 Å². The van der Waals surface area contributed by atoms with E-state index in [1.807, 2.05) is 30.3 Å². The van der Waals surface area contributed by atoms with E-state index in [4.69, 9.17) is 10.00 Å². The summed E-state index contributed by atoms with van der Waals surface area (Å²) >= 11 is 0. The monoisotopic (exact) mass is 333 g/mol. The van der Waals surface area contributed by atoms with Crippen molar-refractivity contribution in [2.75, 3.05) is 13.1 Å². The first-order valence-corrected chi connectivity index (χ1v) is 7.48. The molecule has 1 aliphatic heterocycles. The Labute approximate surface area is 136 Å². The molecule has 2 aromatic rings. The fourth-order valence-electron chi connectivity index (χ4n) is 2.80. The lowest BCUT2D eigenvalue weighted by molar-refractivity contribution is 0.128. The number of pyridine rings is 1. The Kier molecular flexibility index (Phi) is 4.67. The van der Waals surface area contributed by atoms with Gasteiger partial charge in [0, 0.05) is 12.5 Å². The van der Waals surface area contributed by atoms with Crippen LogP contribution in [0.2, 0.25) is 0 Å². The van der Waals surface area contributed by atoms with Crippen LogP contribution in [-0.4, -0.2) is 18.1 Å². The van der Waals surface area contributed by atoms with Crippen molar-refractivity contribution in [1.82, 2.24) is 10.3 Å². The van der Waals surface area contributed by atoms with Crippen LogP contribution in [-0.2, 0) is 0 Å². The third-order valence-corrected chi connectivity index (χ3v) is 4.01. The van der Waals surface area contributed by atoms with Crippen molar-refractivity contribution in [2.24, 2.45) is 5.92 Å². The Hall–Kier alpha value is -2.59. The minimum absolute atomic E-state index is 0.0206. The van der Waals surface area contributed by atoms with E-state index in [2.05, 4.69) is 10.3 Å². The normalized spacial score (nSPS) is 18.2. The summed E-state index contributed by atoms with van der Waals surface area (Å²) in [4.78, 5) is 3.21. The number of halogens is 3. The van der Waals surface area contributed by atoms with Crippen LogP contribution in [0, 0.1) is 34.8 Å². The van der Waals surface area contributed by atoms with Gasteiger partial charge in [-0.05, 0) is 18.5 Å². The fraction of sp³-hybridized carbons (Fsp3) is 0.294. The molecule has 0 radical (unpaired) electrons. The third-order valence-electron chi connectivity index (χ3n) is 4.01. The van der Waals surface area contributed by atoms with Gasteiger partial charge in [-0.25, -0.2) is 4.39 Å². The predicted molar refractivity (Wildman–Crippen MR) is 79.6 cm³/mol. The zero-order valence-electron chi connectivity index (χ0n) is 12.6. The number of hydrogen-bond acceptors (Lipinski definition) is 4. The van der Waals surface area contributed by atoms with E-state index in [0.29, 0.717) is 6.54 Å². The minimum atomic E-state index is -1.61. The molecule has 7 heteroatoms. The fourth-order valence-corrected chi connectivity index (χ4v) is 2.80. The van der Waals surface area contributed by atoms with Crippen LogP contribution in [0.15, 0.2) is 30.3 Å². The zero-order valence-corrected chi connectivity index (χ0v) is 12.6. The Bertz CT molecular complexity index is 771. The lowest BCUT2D eigenvalue weighted by Gasteiger charge is -2.24. The van der Waals surface area contributed by atoms with Crippen molar-refractivity contribution in [3.05, 3.63) is 59.0 Å². The highest BCUT2D eigenvalue weighted by atomic mass is 19.2. The smallest absolute Gasteiger partial charge is 0.255 e. The summed E-state index contributed by atoms with van der Waals surface area (Å²) < 4.78 is 46.8. The van der Waals surface area contributed by atoms with Gasteiger partial charge in [0.15, 0.2) is 5.82 Å². The molecule has 0 bridgehead atoms. The van der Waals surface area contributed by atoms with E-state index >= 15 is 0 Å². The van der Waals surface area contributed by atoms with Crippen molar-refractivity contribution in [2.45, 2.75) is 12.5 Å². The molecule has 1 fully saturated rings. The third kappa shape index (κ3) is 3.05. The molecule has 0 spiro atoms. The lowest BCUT2D eigenvalue weighted by Crippen LogP contribution is -2.22. The van der Waals surface area contributed by atoms with Crippen molar-refractivity contribution >= 4 is 0 Å². The molecule has 24 heavy (non-hydrogen) atoms. The molecule has 1 aromatic carbocycles. The average Bonchev–Trinajstić information content (AvgIpc) is 3.12. The van der Waals surface area contributed by atoms with Gasteiger partial charge in [-0.3, -0.25) is 0 Å². The second kappa shape index (κ2) is 6.89. The average molecular weight is 333 g/mol. The Balaban J connectivity index is 1.99. The van der Waals surface area contributed by atoms with E-state index in [9.17, 15) is 13.2 Å². The number of nitrogens with zero attached hydrogens (tertiary/aromatic N) is 2. The Morgan fingerprint density at radius 2 is 1.96 bits per heavy atom. The number of rotatable bonds is 4. The van der Waals surface area contributed by atoms with Gasteiger partial charge in [0.05, 0.1) is 0 Å². The zero-order chi connectivity index (χ0) is 17.1. The second-order valence-electron chi connectivity index (χ2n) is 5.52. The predicted octanol–water partition coefficient (Wildman–Crippen LogP) is 3.10. The summed E-state index contributed by atoms with van der Waals surface area (Å²) in [6.07, 6.45) is 0.204. The molecule has 0 saturated carbocycles. The Morgan fingerprint density at radius 1 is 1.21 bits per heavy atom. The van der Waals surface area contributed by atoms with E-state index in [1.54, 1.807) is 0 Å². The highest BCUT2D eigenvalue weighted by Crippen LogP contribution is 2.33. The van der Waals surface area contributed by atoms with E-state index in [-0.39, 0.29) is 5.92 Å². The molecular formula is C17H14F3N3O. The van der Waals surface area contributed by atoms with Crippen LogP contribution in [0.3, 0.4) is 0 Å². The maximum absolute atomic E-state index is 14.2. The number of aromatic nitrogens is 1. The summed E-state index contributed by atoms with van der Waals surface area (Å²) in [6, 6.07) is 10.4. The van der Waals surface area contributed by atoms with Crippen LogP contribution in [0.4, 0.5) is 13.2 Å². The number of nitrogens with one attached hydrogen (secondary N) is 1. The maximum atomic E-state index is 14.2. The lowest BCUT2D eigenvalue weighted by atomic mass is 9.95. The van der Waals surface area contributed by atoms with Gasteiger partial charge >= 0.3 is 0 Å². The number of ether oxygens (including phenoxy) is 1. The summed E-state index contributed by atoms with van der Waals surface area (Å²) in [5, 5.41) is 12.0. The first kappa shape index (κ1) is 16.3. The van der Waals surface area contributed by atoms with Gasteiger partial charge in [0.2, 0.25) is 5.82 Å². The molecule has 0 aliphatic carbocycles. The number of benzene rings is 1. The van der Waals surface area contributed by atoms with Crippen LogP contribution in [0.25, 0.3) is 0 Å². The van der Waals surface area contributed by atoms with Gasteiger partial charge < -0.3 is 10.1 Å². The quantitative estimate of drug-likeness (QED) is 0.874. The molecule has 1 N–H and O–H groups in total. The first-order valence-electron chi connectivity index (χ1n) is 7.48. The molecule has 1 aliphatic rings. The highest BCUT2D eigenvalue weighted by Gasteiger charge is 2.31. The SMILES string of the molecule is N#Cc1c(F)c(F)nc(O[C@H](c2ccccc2)C2CCNC2)c1F. The topological polar surface area (TPSA) is 57.9 Å². The molecular weight excluding hydrogens is 319 g/mol. The molecule has 124 valence electrons. The van der Waals surface area contributed by atoms with Crippen LogP contribution < -0.4 is 10.1 Å². The Morgan fingerprint density at radius 3 is 2.58 bits per heavy atom. The van der Waals surface area contributed by atoms with Crippen LogP contribution in [0.5, 0.6) is 5.88 Å². The maximum Gasteiger partial charge on any atom is 0.255 e. The number of nitriles is 1.